The van der Waals surface area contributed by atoms with Gasteiger partial charge in [0, 0.05) is 10.9 Å². The predicted octanol–water partition coefficient (Wildman–Crippen LogP) is 3.67. The van der Waals surface area contributed by atoms with Crippen LogP contribution in [0.4, 0.5) is 15.8 Å². The number of hydrogen-bond donors (Lipinski definition) is 1. The monoisotopic (exact) mass is 394 g/mol. The molecule has 0 atom stereocenters. The van der Waals surface area contributed by atoms with Crippen LogP contribution in [-0.4, -0.2) is 13.3 Å². The number of nitro groups is 1. The molecule has 0 bridgehead atoms. The number of anilines is 1. The maximum Gasteiger partial charge on any atom is 0.296 e. The highest BCUT2D eigenvalue weighted by molar-refractivity contribution is 9.11. The van der Waals surface area contributed by atoms with E-state index in [0.29, 0.717) is 8.66 Å². The van der Waals surface area contributed by atoms with E-state index < -0.39 is 32.1 Å². The zero-order valence-electron chi connectivity index (χ0n) is 10.5. The summed E-state index contributed by atoms with van der Waals surface area (Å²) in [5.41, 5.74) is -1.32. The Bertz CT molecular complexity index is 820. The number of para-hydroxylation sites is 1. The van der Waals surface area contributed by atoms with Crippen LogP contribution in [0.25, 0.3) is 0 Å². The van der Waals surface area contributed by atoms with Gasteiger partial charge in [-0.05, 0) is 35.0 Å². The number of thiophene rings is 1. The van der Waals surface area contributed by atoms with Crippen molar-refractivity contribution in [2.75, 3.05) is 4.72 Å². The predicted molar refractivity (Wildman–Crippen MR) is 80.6 cm³/mol. The second kappa shape index (κ2) is 5.70. The molecule has 21 heavy (non-hydrogen) atoms. The lowest BCUT2D eigenvalue weighted by Crippen LogP contribution is -2.15. The number of nitrogens with zero attached hydrogens (tertiary/aromatic N) is 1. The summed E-state index contributed by atoms with van der Waals surface area (Å²) in [5, 5.41) is 10.9. The van der Waals surface area contributed by atoms with Crippen molar-refractivity contribution in [3.63, 3.8) is 0 Å². The van der Waals surface area contributed by atoms with Gasteiger partial charge in [-0.15, -0.1) is 11.3 Å². The van der Waals surface area contributed by atoms with Gasteiger partial charge in [0.2, 0.25) is 0 Å². The highest BCUT2D eigenvalue weighted by atomic mass is 79.9. The molecule has 0 spiro atoms. The standard InChI is InChI=1S/C11H8BrFN2O4S2/c1-6-9(5-10(12)20-6)21(18,19)14-11-7(13)3-2-4-8(11)15(16)17/h2-5,14H,1H3. The minimum absolute atomic E-state index is 0.0584. The molecular weight excluding hydrogens is 387 g/mol. The van der Waals surface area contributed by atoms with Crippen LogP contribution in [0.2, 0.25) is 0 Å². The summed E-state index contributed by atoms with van der Waals surface area (Å²) in [7, 11) is -4.12. The molecule has 0 saturated carbocycles. The van der Waals surface area contributed by atoms with E-state index >= 15 is 0 Å². The molecule has 0 aliphatic rings. The third kappa shape index (κ3) is 3.22. The number of hydrogen-bond acceptors (Lipinski definition) is 5. The second-order valence-electron chi connectivity index (χ2n) is 3.97. The van der Waals surface area contributed by atoms with Crippen molar-refractivity contribution >= 4 is 48.7 Å². The first kappa shape index (κ1) is 15.9. The van der Waals surface area contributed by atoms with Crippen LogP contribution in [0.5, 0.6) is 0 Å². The molecule has 6 nitrogen and oxygen atoms in total. The van der Waals surface area contributed by atoms with Crippen LogP contribution >= 0.6 is 27.3 Å². The van der Waals surface area contributed by atoms with E-state index in [9.17, 15) is 22.9 Å². The number of rotatable bonds is 4. The number of halogens is 2. The quantitative estimate of drug-likeness (QED) is 0.632. The number of nitro benzene ring substituents is 1. The molecule has 1 heterocycles. The zero-order chi connectivity index (χ0) is 15.8. The lowest BCUT2D eigenvalue weighted by molar-refractivity contribution is -0.384. The van der Waals surface area contributed by atoms with Crippen LogP contribution in [0.1, 0.15) is 4.88 Å². The molecule has 112 valence electrons. The Morgan fingerprint density at radius 3 is 2.62 bits per heavy atom. The molecule has 2 aromatic rings. The molecule has 10 heteroatoms. The van der Waals surface area contributed by atoms with Crippen molar-refractivity contribution in [2.45, 2.75) is 11.8 Å². The van der Waals surface area contributed by atoms with Crippen molar-refractivity contribution in [1.82, 2.24) is 0 Å². The Kier molecular flexibility index (Phi) is 4.30. The van der Waals surface area contributed by atoms with Gasteiger partial charge in [-0.3, -0.25) is 14.8 Å². The van der Waals surface area contributed by atoms with Crippen molar-refractivity contribution in [1.29, 1.82) is 0 Å². The first-order valence-corrected chi connectivity index (χ1v) is 8.53. The largest absolute Gasteiger partial charge is 0.296 e. The zero-order valence-corrected chi connectivity index (χ0v) is 13.7. The minimum atomic E-state index is -4.12. The lowest BCUT2D eigenvalue weighted by atomic mass is 10.2. The minimum Gasteiger partial charge on any atom is -0.271 e. The van der Waals surface area contributed by atoms with Gasteiger partial charge in [-0.1, -0.05) is 6.07 Å². The number of aryl methyl sites for hydroxylation is 1. The van der Waals surface area contributed by atoms with Gasteiger partial charge in [0.15, 0.2) is 11.5 Å². The molecule has 0 radical (unpaired) electrons. The van der Waals surface area contributed by atoms with Gasteiger partial charge < -0.3 is 0 Å². The van der Waals surface area contributed by atoms with Crippen molar-refractivity contribution < 1.29 is 17.7 Å². The molecule has 2 rings (SSSR count). The van der Waals surface area contributed by atoms with Crippen LogP contribution in [0, 0.1) is 22.9 Å². The van der Waals surface area contributed by atoms with Crippen LogP contribution in [0.3, 0.4) is 0 Å². The summed E-state index contributed by atoms with van der Waals surface area (Å²) in [5.74, 6) is -1.01. The van der Waals surface area contributed by atoms with E-state index in [1.165, 1.54) is 17.4 Å². The molecular formula is C11H8BrFN2O4S2. The van der Waals surface area contributed by atoms with E-state index in [1.807, 2.05) is 4.72 Å². The molecule has 1 aromatic carbocycles. The first-order valence-electron chi connectivity index (χ1n) is 5.44. The Morgan fingerprint density at radius 2 is 2.10 bits per heavy atom. The van der Waals surface area contributed by atoms with E-state index in [0.717, 1.165) is 18.2 Å². The van der Waals surface area contributed by atoms with E-state index in [2.05, 4.69) is 15.9 Å². The summed E-state index contributed by atoms with van der Waals surface area (Å²) in [4.78, 5) is 10.4. The van der Waals surface area contributed by atoms with E-state index in [4.69, 9.17) is 0 Å². The second-order valence-corrected chi connectivity index (χ2v) is 8.25. The van der Waals surface area contributed by atoms with Crippen LogP contribution in [0.15, 0.2) is 32.9 Å². The van der Waals surface area contributed by atoms with Gasteiger partial charge in [0.1, 0.15) is 4.90 Å². The number of benzene rings is 1. The highest BCUT2D eigenvalue weighted by Gasteiger charge is 2.26. The van der Waals surface area contributed by atoms with Crippen LogP contribution in [-0.2, 0) is 10.0 Å². The Morgan fingerprint density at radius 1 is 1.43 bits per heavy atom. The maximum atomic E-state index is 13.7. The van der Waals surface area contributed by atoms with Gasteiger partial charge in [-0.25, -0.2) is 12.8 Å². The van der Waals surface area contributed by atoms with E-state index in [1.54, 1.807) is 6.92 Å². The third-order valence-electron chi connectivity index (χ3n) is 2.56. The summed E-state index contributed by atoms with van der Waals surface area (Å²) in [6, 6.07) is 4.46. The lowest BCUT2D eigenvalue weighted by Gasteiger charge is -2.08. The fourth-order valence-corrected chi connectivity index (χ4v) is 5.15. The Labute approximate surface area is 131 Å². The summed E-state index contributed by atoms with van der Waals surface area (Å²) < 4.78 is 40.8. The fourth-order valence-electron chi connectivity index (χ4n) is 1.65. The molecule has 1 aromatic heterocycles. The Hall–Kier alpha value is -1.52. The smallest absolute Gasteiger partial charge is 0.271 e. The number of sulfonamides is 1. The summed E-state index contributed by atoms with van der Waals surface area (Å²) in [6.45, 7) is 1.58. The first-order chi connectivity index (χ1) is 9.72. The average molecular weight is 395 g/mol. The number of nitrogens with one attached hydrogen (secondary N) is 1. The third-order valence-corrected chi connectivity index (χ3v) is 5.72. The summed E-state index contributed by atoms with van der Waals surface area (Å²) in [6.07, 6.45) is 0. The van der Waals surface area contributed by atoms with Crippen molar-refractivity contribution in [3.8, 4) is 0 Å². The normalized spacial score (nSPS) is 11.4. The molecule has 0 aliphatic heterocycles. The highest BCUT2D eigenvalue weighted by Crippen LogP contribution is 2.33. The van der Waals surface area contributed by atoms with Gasteiger partial charge >= 0.3 is 0 Å². The van der Waals surface area contributed by atoms with E-state index in [-0.39, 0.29) is 4.90 Å². The SMILES string of the molecule is Cc1sc(Br)cc1S(=O)(=O)Nc1c(F)cccc1[N+](=O)[O-]. The Balaban J connectivity index is 2.52. The fraction of sp³-hybridized carbons (Fsp3) is 0.0909. The van der Waals surface area contributed by atoms with Gasteiger partial charge in [0.25, 0.3) is 15.7 Å². The maximum absolute atomic E-state index is 13.7. The molecule has 0 amide bonds. The molecule has 0 fully saturated rings. The average Bonchev–Trinajstić information content (AvgIpc) is 2.71. The topological polar surface area (TPSA) is 89.3 Å². The van der Waals surface area contributed by atoms with Crippen LogP contribution < -0.4 is 4.72 Å². The molecule has 1 N–H and O–H groups in total. The summed E-state index contributed by atoms with van der Waals surface area (Å²) >= 11 is 4.35. The molecule has 0 saturated heterocycles. The van der Waals surface area contributed by atoms with Crippen molar-refractivity contribution in [3.05, 3.63) is 48.9 Å². The van der Waals surface area contributed by atoms with Gasteiger partial charge in [0.05, 0.1) is 8.71 Å². The van der Waals surface area contributed by atoms with Crippen molar-refractivity contribution in [2.24, 2.45) is 0 Å². The molecule has 0 aliphatic carbocycles. The van der Waals surface area contributed by atoms with Gasteiger partial charge in [-0.2, -0.15) is 0 Å². The molecule has 0 unspecified atom stereocenters.